The topological polar surface area (TPSA) is 60.4 Å². The standard InChI is InChI=1S/C7H6O3.BrI.Li/c8-6-4-2-1-3-5(6)7(9)10;1-2;/h1-4,8H,(H,9,10);;/q;;+1/p-1. The van der Waals surface area contributed by atoms with Gasteiger partial charge in [0.05, 0.1) is 5.97 Å². The van der Waals surface area contributed by atoms with Gasteiger partial charge in [0, 0.05) is 25.9 Å². The maximum absolute atomic E-state index is 10.2. The molecule has 0 heterocycles. The Morgan fingerprint density at radius 1 is 1.38 bits per heavy atom. The first kappa shape index (κ1) is 15.8. The minimum Gasteiger partial charge on any atom is -0.545 e. The Labute approximate surface area is 108 Å². The molecule has 6 heteroatoms. The summed E-state index contributed by atoms with van der Waals surface area (Å²) >= 11 is 4.87. The van der Waals surface area contributed by atoms with Crippen molar-refractivity contribution in [1.29, 1.82) is 0 Å². The van der Waals surface area contributed by atoms with Gasteiger partial charge in [0.2, 0.25) is 0 Å². The molecule has 13 heavy (non-hydrogen) atoms. The summed E-state index contributed by atoms with van der Waals surface area (Å²) in [6.45, 7) is 0. The molecule has 0 aliphatic heterocycles. The Balaban J connectivity index is 0. The quantitative estimate of drug-likeness (QED) is 0.495. The zero-order valence-electron chi connectivity index (χ0n) is 6.83. The molecule has 0 spiro atoms. The fraction of sp³-hybridized carbons (Fsp3) is 0. The average molecular weight is 351 g/mol. The number of aromatic hydroxyl groups is 1. The van der Waals surface area contributed by atoms with Crippen molar-refractivity contribution in [2.75, 3.05) is 0 Å². The van der Waals surface area contributed by atoms with E-state index in [1.54, 1.807) is 6.07 Å². The normalized spacial score (nSPS) is 7.54. The fourth-order valence-electron chi connectivity index (χ4n) is 0.646. The number of carbonyl (C=O) groups is 1. The predicted molar refractivity (Wildman–Crippen MR) is 55.4 cm³/mol. The molecule has 0 amide bonds. The molecule has 0 unspecified atom stereocenters. The number of carboxylic acid groups (broad SMARTS) is 1. The molecule has 3 nitrogen and oxygen atoms in total. The molecule has 1 N–H and O–H groups in total. The van der Waals surface area contributed by atoms with Crippen molar-refractivity contribution >= 4 is 39.0 Å². The summed E-state index contributed by atoms with van der Waals surface area (Å²) in [6, 6.07) is 5.64. The van der Waals surface area contributed by atoms with E-state index in [4.69, 9.17) is 5.11 Å². The molecule has 0 saturated carbocycles. The van der Waals surface area contributed by atoms with Gasteiger partial charge in [0.25, 0.3) is 0 Å². The molecule has 0 bridgehead atoms. The molecule has 0 aromatic heterocycles. The number of hydrogen-bond acceptors (Lipinski definition) is 3. The Morgan fingerprint density at radius 2 is 1.85 bits per heavy atom. The Hall–Kier alpha value is 0.297. The van der Waals surface area contributed by atoms with Crippen LogP contribution in [0.1, 0.15) is 10.4 Å². The minimum absolute atomic E-state index is 0. The summed E-state index contributed by atoms with van der Waals surface area (Å²) in [5.74, 6) is -1.62. The third-order valence-electron chi connectivity index (χ3n) is 1.12. The van der Waals surface area contributed by atoms with E-state index >= 15 is 0 Å². The fourth-order valence-corrected chi connectivity index (χ4v) is 0.646. The van der Waals surface area contributed by atoms with Gasteiger partial charge >= 0.3 is 18.9 Å². The first-order chi connectivity index (χ1) is 5.72. The van der Waals surface area contributed by atoms with Gasteiger partial charge in [-0.3, -0.25) is 0 Å². The van der Waals surface area contributed by atoms with Crippen molar-refractivity contribution < 1.29 is 33.9 Å². The zero-order chi connectivity index (χ0) is 9.56. The van der Waals surface area contributed by atoms with Crippen LogP contribution in [0.4, 0.5) is 0 Å². The monoisotopic (exact) mass is 350 g/mol. The SMILES string of the molecule is BrI.O=C([O-])c1ccccc1O.[Li+]. The molecule has 0 fully saturated rings. The van der Waals surface area contributed by atoms with E-state index in [-0.39, 0.29) is 30.2 Å². The van der Waals surface area contributed by atoms with Crippen LogP contribution in [0.25, 0.3) is 0 Å². The average Bonchev–Trinajstić information content (AvgIpc) is 2.08. The summed E-state index contributed by atoms with van der Waals surface area (Å²) in [5, 5.41) is 19.0. The third-order valence-corrected chi connectivity index (χ3v) is 1.12. The van der Waals surface area contributed by atoms with Gasteiger partial charge in [-0.1, -0.05) is 12.1 Å². The van der Waals surface area contributed by atoms with Gasteiger partial charge in [0.15, 0.2) is 0 Å². The summed E-state index contributed by atoms with van der Waals surface area (Å²) in [6.07, 6.45) is 0. The summed E-state index contributed by atoms with van der Waals surface area (Å²) in [7, 11) is 0. The number of carboxylic acids is 1. The number of aromatic carboxylic acids is 1. The van der Waals surface area contributed by atoms with E-state index in [2.05, 4.69) is 12.7 Å². The molecule has 1 rings (SSSR count). The van der Waals surface area contributed by atoms with Crippen LogP contribution in [0.2, 0.25) is 0 Å². The van der Waals surface area contributed by atoms with Crippen molar-refractivity contribution in [2.45, 2.75) is 0 Å². The molecular formula is C7H5BrILiO3. The van der Waals surface area contributed by atoms with Crippen molar-refractivity contribution in [3.05, 3.63) is 29.8 Å². The van der Waals surface area contributed by atoms with Crippen LogP contribution in [-0.4, -0.2) is 11.1 Å². The number of benzene rings is 1. The first-order valence-corrected chi connectivity index (χ1v) is 7.69. The van der Waals surface area contributed by atoms with Crippen molar-refractivity contribution in [3.63, 3.8) is 0 Å². The number of hydrogen-bond donors (Lipinski definition) is 1. The molecule has 0 saturated heterocycles. The molecule has 66 valence electrons. The molecule has 0 radical (unpaired) electrons. The molecule has 0 aliphatic rings. The number of phenols is 1. The van der Waals surface area contributed by atoms with Crippen LogP contribution in [0.15, 0.2) is 24.3 Å². The van der Waals surface area contributed by atoms with Gasteiger partial charge in [0.1, 0.15) is 5.75 Å². The van der Waals surface area contributed by atoms with Crippen LogP contribution < -0.4 is 24.0 Å². The van der Waals surface area contributed by atoms with Gasteiger partial charge in [-0.05, 0) is 24.8 Å². The summed E-state index contributed by atoms with van der Waals surface area (Å²) < 4.78 is 0. The Kier molecular flexibility index (Phi) is 10.8. The van der Waals surface area contributed by atoms with Crippen LogP contribution >= 0.6 is 33.1 Å². The maximum Gasteiger partial charge on any atom is 1.00 e. The maximum atomic E-state index is 10.2. The van der Waals surface area contributed by atoms with Crippen LogP contribution in [0, 0.1) is 0 Å². The van der Waals surface area contributed by atoms with E-state index in [9.17, 15) is 9.90 Å². The van der Waals surface area contributed by atoms with Crippen molar-refractivity contribution in [1.82, 2.24) is 0 Å². The van der Waals surface area contributed by atoms with Gasteiger partial charge in [-0.2, -0.15) is 0 Å². The molecule has 1 aromatic rings. The van der Waals surface area contributed by atoms with Crippen molar-refractivity contribution in [3.8, 4) is 5.75 Å². The van der Waals surface area contributed by atoms with Gasteiger partial charge < -0.3 is 15.0 Å². The smallest absolute Gasteiger partial charge is 0.545 e. The number of halogens is 2. The molecule has 0 aliphatic carbocycles. The largest absolute Gasteiger partial charge is 1.00 e. The predicted octanol–water partition coefficient (Wildman–Crippen LogP) is -1.51. The summed E-state index contributed by atoms with van der Waals surface area (Å²) in [5.41, 5.74) is -0.178. The van der Waals surface area contributed by atoms with Crippen LogP contribution in [0.3, 0.4) is 0 Å². The van der Waals surface area contributed by atoms with E-state index in [0.717, 1.165) is 0 Å². The Bertz CT molecular complexity index is 270. The van der Waals surface area contributed by atoms with Crippen molar-refractivity contribution in [2.24, 2.45) is 0 Å². The van der Waals surface area contributed by atoms with E-state index in [0.29, 0.717) is 0 Å². The zero-order valence-corrected chi connectivity index (χ0v) is 10.6. The van der Waals surface area contributed by atoms with Gasteiger partial charge in [-0.15, -0.1) is 0 Å². The second-order valence-electron chi connectivity index (χ2n) is 1.80. The number of para-hydroxylation sites is 1. The van der Waals surface area contributed by atoms with E-state index in [1.807, 2.05) is 20.4 Å². The summed E-state index contributed by atoms with van der Waals surface area (Å²) in [4.78, 5) is 10.2. The minimum atomic E-state index is -1.36. The second-order valence-corrected chi connectivity index (χ2v) is 1.80. The third kappa shape index (κ3) is 5.57. The molecular weight excluding hydrogens is 346 g/mol. The van der Waals surface area contributed by atoms with Crippen LogP contribution in [0.5, 0.6) is 5.75 Å². The van der Waals surface area contributed by atoms with Gasteiger partial charge in [-0.25, -0.2) is 0 Å². The number of rotatable bonds is 1. The van der Waals surface area contributed by atoms with E-state index < -0.39 is 5.97 Å². The second kappa shape index (κ2) is 8.88. The molecule has 1 aromatic carbocycles. The number of carbonyl (C=O) groups excluding carboxylic acids is 1. The van der Waals surface area contributed by atoms with E-state index in [1.165, 1.54) is 18.2 Å². The first-order valence-electron chi connectivity index (χ1n) is 2.85. The Morgan fingerprint density at radius 3 is 2.15 bits per heavy atom. The van der Waals surface area contributed by atoms with Crippen LogP contribution in [-0.2, 0) is 0 Å². The molecule has 0 atom stereocenters.